The maximum absolute atomic E-state index is 3.46. The van der Waals surface area contributed by atoms with E-state index in [0.717, 1.165) is 0 Å². The first kappa shape index (κ1) is 15.0. The predicted molar refractivity (Wildman–Crippen MR) is 76.4 cm³/mol. The van der Waals surface area contributed by atoms with E-state index in [1.54, 1.807) is 0 Å². The first-order chi connectivity index (χ1) is 8.12. The zero-order valence-electron chi connectivity index (χ0n) is 12.6. The standard InChI is InChI=1S/C15H32N2/c1-6-14(16-5)13(4)17-11-9-15(7-2,8-3)10-12-17/h13-14,16H,6-12H2,1-5H3. The molecule has 1 fully saturated rings. The lowest BCUT2D eigenvalue weighted by molar-refractivity contribution is 0.0590. The van der Waals surface area contributed by atoms with Crippen LogP contribution in [0.5, 0.6) is 0 Å². The quantitative estimate of drug-likeness (QED) is 0.766. The lowest BCUT2D eigenvalue weighted by Crippen LogP contribution is -2.51. The normalized spacial score (nSPS) is 24.5. The molecule has 2 nitrogen and oxygen atoms in total. The first-order valence-corrected chi connectivity index (χ1v) is 7.53. The summed E-state index contributed by atoms with van der Waals surface area (Å²) in [5.41, 5.74) is 0.650. The average Bonchev–Trinajstić information content (AvgIpc) is 2.40. The van der Waals surface area contributed by atoms with E-state index < -0.39 is 0 Å². The van der Waals surface area contributed by atoms with Crippen molar-refractivity contribution in [2.24, 2.45) is 5.41 Å². The van der Waals surface area contributed by atoms with Gasteiger partial charge in [-0.2, -0.15) is 0 Å². The summed E-state index contributed by atoms with van der Waals surface area (Å²) in [6, 6.07) is 1.32. The van der Waals surface area contributed by atoms with Gasteiger partial charge in [-0.25, -0.2) is 0 Å². The summed E-state index contributed by atoms with van der Waals surface area (Å²) < 4.78 is 0. The van der Waals surface area contributed by atoms with Crippen LogP contribution in [0.4, 0.5) is 0 Å². The number of likely N-dealkylation sites (N-methyl/N-ethyl adjacent to an activating group) is 1. The van der Waals surface area contributed by atoms with E-state index in [1.165, 1.54) is 45.2 Å². The Bertz CT molecular complexity index is 197. The van der Waals surface area contributed by atoms with Crippen molar-refractivity contribution in [3.05, 3.63) is 0 Å². The zero-order chi connectivity index (χ0) is 12.9. The molecule has 0 aromatic carbocycles. The van der Waals surface area contributed by atoms with Crippen molar-refractivity contribution in [2.75, 3.05) is 20.1 Å². The summed E-state index contributed by atoms with van der Waals surface area (Å²) in [5, 5.41) is 3.46. The van der Waals surface area contributed by atoms with Gasteiger partial charge in [-0.3, -0.25) is 4.90 Å². The average molecular weight is 240 g/mol. The molecule has 2 unspecified atom stereocenters. The highest BCUT2D eigenvalue weighted by atomic mass is 15.2. The van der Waals surface area contributed by atoms with E-state index >= 15 is 0 Å². The second-order valence-electron chi connectivity index (χ2n) is 5.79. The van der Waals surface area contributed by atoms with E-state index in [1.807, 2.05) is 0 Å². The van der Waals surface area contributed by atoms with Gasteiger partial charge in [-0.05, 0) is 51.7 Å². The van der Waals surface area contributed by atoms with Crippen LogP contribution in [0, 0.1) is 5.41 Å². The molecule has 1 aliphatic rings. The third kappa shape index (κ3) is 3.45. The van der Waals surface area contributed by atoms with Crippen LogP contribution in [0.15, 0.2) is 0 Å². The van der Waals surface area contributed by atoms with Crippen LogP contribution in [-0.4, -0.2) is 37.1 Å². The molecule has 1 saturated heterocycles. The number of nitrogens with one attached hydrogen (secondary N) is 1. The fourth-order valence-electron chi connectivity index (χ4n) is 3.40. The summed E-state index contributed by atoms with van der Waals surface area (Å²) >= 11 is 0. The molecule has 102 valence electrons. The topological polar surface area (TPSA) is 15.3 Å². The summed E-state index contributed by atoms with van der Waals surface area (Å²) in [6.07, 6.45) is 6.72. The number of likely N-dealkylation sites (tertiary alicyclic amines) is 1. The summed E-state index contributed by atoms with van der Waals surface area (Å²) in [4.78, 5) is 2.69. The van der Waals surface area contributed by atoms with Gasteiger partial charge in [0.25, 0.3) is 0 Å². The molecule has 17 heavy (non-hydrogen) atoms. The number of rotatable bonds is 6. The van der Waals surface area contributed by atoms with E-state index in [0.29, 0.717) is 17.5 Å². The first-order valence-electron chi connectivity index (χ1n) is 7.53. The van der Waals surface area contributed by atoms with Gasteiger partial charge in [0.2, 0.25) is 0 Å². The predicted octanol–water partition coefficient (Wildman–Crippen LogP) is 3.28. The molecule has 2 heteroatoms. The fourth-order valence-corrected chi connectivity index (χ4v) is 3.40. The van der Waals surface area contributed by atoms with Gasteiger partial charge < -0.3 is 5.32 Å². The number of piperidine rings is 1. The Kier molecular flexibility index (Phi) is 5.94. The molecular formula is C15H32N2. The van der Waals surface area contributed by atoms with Gasteiger partial charge in [0, 0.05) is 12.1 Å². The molecule has 1 N–H and O–H groups in total. The highest BCUT2D eigenvalue weighted by Gasteiger charge is 2.33. The highest BCUT2D eigenvalue weighted by Crippen LogP contribution is 2.38. The van der Waals surface area contributed by atoms with Gasteiger partial charge in [0.15, 0.2) is 0 Å². The van der Waals surface area contributed by atoms with Crippen LogP contribution >= 0.6 is 0 Å². The number of hydrogen-bond acceptors (Lipinski definition) is 2. The van der Waals surface area contributed by atoms with Gasteiger partial charge >= 0.3 is 0 Å². The molecular weight excluding hydrogens is 208 g/mol. The molecule has 1 aliphatic heterocycles. The van der Waals surface area contributed by atoms with Gasteiger partial charge in [-0.15, -0.1) is 0 Å². The van der Waals surface area contributed by atoms with Crippen molar-refractivity contribution >= 4 is 0 Å². The second kappa shape index (κ2) is 6.75. The molecule has 0 aromatic heterocycles. The lowest BCUT2D eigenvalue weighted by atomic mass is 9.74. The molecule has 1 heterocycles. The molecule has 0 saturated carbocycles. The monoisotopic (exact) mass is 240 g/mol. The molecule has 0 amide bonds. The third-order valence-corrected chi connectivity index (χ3v) is 5.33. The van der Waals surface area contributed by atoms with Crippen LogP contribution in [0.25, 0.3) is 0 Å². The molecule has 0 aromatic rings. The van der Waals surface area contributed by atoms with Crippen molar-refractivity contribution in [1.29, 1.82) is 0 Å². The van der Waals surface area contributed by atoms with E-state index in [4.69, 9.17) is 0 Å². The molecule has 2 atom stereocenters. The van der Waals surface area contributed by atoms with E-state index in [2.05, 4.69) is 45.0 Å². The Balaban J connectivity index is 2.51. The smallest absolute Gasteiger partial charge is 0.0220 e. The molecule has 0 bridgehead atoms. The molecule has 0 aliphatic carbocycles. The van der Waals surface area contributed by atoms with Crippen LogP contribution in [0.1, 0.15) is 59.8 Å². The number of nitrogens with zero attached hydrogens (tertiary/aromatic N) is 1. The number of hydrogen-bond donors (Lipinski definition) is 1. The van der Waals surface area contributed by atoms with E-state index in [9.17, 15) is 0 Å². The third-order valence-electron chi connectivity index (χ3n) is 5.33. The van der Waals surface area contributed by atoms with Gasteiger partial charge in [0.1, 0.15) is 0 Å². The van der Waals surface area contributed by atoms with E-state index in [-0.39, 0.29) is 0 Å². The molecule has 0 radical (unpaired) electrons. The Morgan fingerprint density at radius 1 is 1.12 bits per heavy atom. The lowest BCUT2D eigenvalue weighted by Gasteiger charge is -2.44. The zero-order valence-corrected chi connectivity index (χ0v) is 12.6. The van der Waals surface area contributed by atoms with Gasteiger partial charge in [0.05, 0.1) is 0 Å². The largest absolute Gasteiger partial charge is 0.315 e. The second-order valence-corrected chi connectivity index (χ2v) is 5.79. The minimum Gasteiger partial charge on any atom is -0.315 e. The van der Waals surface area contributed by atoms with Gasteiger partial charge in [-0.1, -0.05) is 33.6 Å². The SMILES string of the molecule is CCC(NC)C(C)N1CCC(CC)(CC)CC1. The van der Waals surface area contributed by atoms with Crippen molar-refractivity contribution in [1.82, 2.24) is 10.2 Å². The van der Waals surface area contributed by atoms with Crippen molar-refractivity contribution in [3.63, 3.8) is 0 Å². The Hall–Kier alpha value is -0.0800. The molecule has 1 rings (SSSR count). The van der Waals surface area contributed by atoms with Crippen LogP contribution in [0.3, 0.4) is 0 Å². The minimum atomic E-state index is 0.644. The van der Waals surface area contributed by atoms with Crippen LogP contribution in [-0.2, 0) is 0 Å². The highest BCUT2D eigenvalue weighted by molar-refractivity contribution is 4.88. The maximum atomic E-state index is 3.46. The summed E-state index contributed by atoms with van der Waals surface area (Å²) in [5.74, 6) is 0. The van der Waals surface area contributed by atoms with Crippen molar-refractivity contribution in [3.8, 4) is 0 Å². The summed E-state index contributed by atoms with van der Waals surface area (Å²) in [7, 11) is 2.09. The van der Waals surface area contributed by atoms with Crippen molar-refractivity contribution in [2.45, 2.75) is 71.9 Å². The molecule has 0 spiro atoms. The summed E-state index contributed by atoms with van der Waals surface area (Å²) in [6.45, 7) is 12.0. The van der Waals surface area contributed by atoms with Crippen LogP contribution < -0.4 is 5.32 Å². The van der Waals surface area contributed by atoms with Crippen LogP contribution in [0.2, 0.25) is 0 Å². The Morgan fingerprint density at radius 2 is 1.65 bits per heavy atom. The Morgan fingerprint density at radius 3 is 2.00 bits per heavy atom. The maximum Gasteiger partial charge on any atom is 0.0220 e. The fraction of sp³-hybridized carbons (Fsp3) is 1.00. The Labute approximate surface area is 108 Å². The van der Waals surface area contributed by atoms with Crippen molar-refractivity contribution < 1.29 is 0 Å². The minimum absolute atomic E-state index is 0.644.